The summed E-state index contributed by atoms with van der Waals surface area (Å²) in [5.41, 5.74) is 0.522. The summed E-state index contributed by atoms with van der Waals surface area (Å²) in [5, 5.41) is 8.65. The van der Waals surface area contributed by atoms with Gasteiger partial charge in [0.2, 0.25) is 0 Å². The van der Waals surface area contributed by atoms with E-state index in [-0.39, 0.29) is 19.2 Å². The molecular formula is C14H15F3N2O. The van der Waals surface area contributed by atoms with Crippen molar-refractivity contribution >= 4 is 0 Å². The zero-order chi connectivity index (χ0) is 14.6. The van der Waals surface area contributed by atoms with Gasteiger partial charge in [-0.25, -0.2) is 0 Å². The zero-order valence-electron chi connectivity index (χ0n) is 10.9. The topological polar surface area (TPSA) is 36.3 Å². The second-order valence-electron chi connectivity index (χ2n) is 4.80. The quantitative estimate of drug-likeness (QED) is 0.805. The Morgan fingerprint density at radius 2 is 1.90 bits per heavy atom. The van der Waals surface area contributed by atoms with Crippen LogP contribution in [0.3, 0.4) is 0 Å². The number of hydrogen-bond acceptors (Lipinski definition) is 3. The number of benzene rings is 1. The van der Waals surface area contributed by atoms with Crippen molar-refractivity contribution in [2.24, 2.45) is 0 Å². The van der Waals surface area contributed by atoms with Gasteiger partial charge in [-0.3, -0.25) is 4.90 Å². The highest BCUT2D eigenvalue weighted by atomic mass is 19.4. The molecule has 1 aliphatic rings. The van der Waals surface area contributed by atoms with E-state index in [0.717, 1.165) is 12.8 Å². The van der Waals surface area contributed by atoms with E-state index >= 15 is 0 Å². The van der Waals surface area contributed by atoms with Gasteiger partial charge < -0.3 is 4.74 Å². The third-order valence-electron chi connectivity index (χ3n) is 3.08. The Balaban J connectivity index is 1.79. The summed E-state index contributed by atoms with van der Waals surface area (Å²) in [6, 6.07) is 8.55. The van der Waals surface area contributed by atoms with Crippen LogP contribution in [0, 0.1) is 11.3 Å². The third kappa shape index (κ3) is 4.74. The van der Waals surface area contributed by atoms with Gasteiger partial charge in [0.15, 0.2) is 0 Å². The lowest BCUT2D eigenvalue weighted by atomic mass is 10.2. The summed E-state index contributed by atoms with van der Waals surface area (Å²) in [6.45, 7) is -0.420. The number of ether oxygens (including phenoxy) is 1. The van der Waals surface area contributed by atoms with Gasteiger partial charge in [-0.2, -0.15) is 18.4 Å². The lowest BCUT2D eigenvalue weighted by molar-refractivity contribution is -0.147. The van der Waals surface area contributed by atoms with Crippen LogP contribution in [0.25, 0.3) is 0 Å². The van der Waals surface area contributed by atoms with Crippen LogP contribution in [0.5, 0.6) is 5.75 Å². The van der Waals surface area contributed by atoms with Gasteiger partial charge in [0, 0.05) is 12.6 Å². The summed E-state index contributed by atoms with van der Waals surface area (Å²) in [7, 11) is 0. The number of hydrogen-bond donors (Lipinski definition) is 0. The van der Waals surface area contributed by atoms with Crippen molar-refractivity contribution in [2.45, 2.75) is 25.1 Å². The van der Waals surface area contributed by atoms with Gasteiger partial charge in [0.1, 0.15) is 12.4 Å². The second kappa shape index (κ2) is 6.14. The molecule has 1 aromatic rings. The third-order valence-corrected chi connectivity index (χ3v) is 3.08. The Labute approximate surface area is 115 Å². The van der Waals surface area contributed by atoms with E-state index in [2.05, 4.69) is 0 Å². The van der Waals surface area contributed by atoms with Crippen LogP contribution in [0.15, 0.2) is 24.3 Å². The van der Waals surface area contributed by atoms with Crippen molar-refractivity contribution in [1.82, 2.24) is 4.90 Å². The monoisotopic (exact) mass is 284 g/mol. The standard InChI is InChI=1S/C14H15F3N2O/c15-14(16,17)10-19(12-3-4-12)7-8-20-13-5-1-11(9-18)2-6-13/h1-2,5-6,12H,3-4,7-8,10H2. The Hall–Kier alpha value is -1.74. The summed E-state index contributed by atoms with van der Waals surface area (Å²) in [4.78, 5) is 1.42. The molecule has 1 aromatic carbocycles. The molecule has 1 aliphatic carbocycles. The first-order valence-corrected chi connectivity index (χ1v) is 6.42. The fraction of sp³-hybridized carbons (Fsp3) is 0.500. The van der Waals surface area contributed by atoms with Crippen LogP contribution < -0.4 is 4.74 Å². The van der Waals surface area contributed by atoms with Gasteiger partial charge in [0.25, 0.3) is 0 Å². The summed E-state index contributed by atoms with van der Waals surface area (Å²) >= 11 is 0. The van der Waals surface area contributed by atoms with E-state index in [9.17, 15) is 13.2 Å². The molecule has 3 nitrogen and oxygen atoms in total. The molecule has 0 saturated heterocycles. The molecular weight excluding hydrogens is 269 g/mol. The molecule has 0 radical (unpaired) electrons. The average Bonchev–Trinajstić information content (AvgIpc) is 3.21. The first-order chi connectivity index (χ1) is 9.48. The number of halogens is 3. The fourth-order valence-electron chi connectivity index (χ4n) is 1.97. The Bertz CT molecular complexity index is 475. The van der Waals surface area contributed by atoms with E-state index in [0.29, 0.717) is 11.3 Å². The van der Waals surface area contributed by atoms with Gasteiger partial charge in [-0.1, -0.05) is 0 Å². The molecule has 0 spiro atoms. The van der Waals surface area contributed by atoms with Crippen molar-refractivity contribution in [1.29, 1.82) is 5.26 Å². The van der Waals surface area contributed by atoms with Crippen LogP contribution >= 0.6 is 0 Å². The average molecular weight is 284 g/mol. The molecule has 1 saturated carbocycles. The van der Waals surface area contributed by atoms with Crippen LogP contribution in [0.2, 0.25) is 0 Å². The van der Waals surface area contributed by atoms with Crippen LogP contribution in [-0.4, -0.2) is 36.8 Å². The zero-order valence-corrected chi connectivity index (χ0v) is 10.9. The molecule has 0 aromatic heterocycles. The first kappa shape index (κ1) is 14.7. The predicted molar refractivity (Wildman–Crippen MR) is 67.3 cm³/mol. The van der Waals surface area contributed by atoms with Gasteiger partial charge in [-0.05, 0) is 37.1 Å². The smallest absolute Gasteiger partial charge is 0.401 e. The SMILES string of the molecule is N#Cc1ccc(OCCN(CC(F)(F)F)C2CC2)cc1. The molecule has 0 unspecified atom stereocenters. The van der Waals surface area contributed by atoms with E-state index in [1.165, 1.54) is 4.90 Å². The largest absolute Gasteiger partial charge is 0.492 e. The molecule has 20 heavy (non-hydrogen) atoms. The maximum Gasteiger partial charge on any atom is 0.401 e. The molecule has 0 atom stereocenters. The van der Waals surface area contributed by atoms with Crippen molar-refractivity contribution in [3.63, 3.8) is 0 Å². The minimum atomic E-state index is -4.17. The Morgan fingerprint density at radius 1 is 1.25 bits per heavy atom. The van der Waals surface area contributed by atoms with E-state index < -0.39 is 12.7 Å². The second-order valence-corrected chi connectivity index (χ2v) is 4.80. The molecule has 0 heterocycles. The Morgan fingerprint density at radius 3 is 2.40 bits per heavy atom. The summed E-state index contributed by atoms with van der Waals surface area (Å²) in [6.07, 6.45) is -2.52. The lowest BCUT2D eigenvalue weighted by Gasteiger charge is -2.23. The highest BCUT2D eigenvalue weighted by Gasteiger charge is 2.37. The first-order valence-electron chi connectivity index (χ1n) is 6.42. The minimum absolute atomic E-state index is 0.0428. The summed E-state index contributed by atoms with van der Waals surface area (Å²) < 4.78 is 42.7. The number of nitriles is 1. The van der Waals surface area contributed by atoms with Gasteiger partial charge >= 0.3 is 6.18 Å². The molecule has 108 valence electrons. The normalized spacial score (nSPS) is 15.2. The fourth-order valence-corrected chi connectivity index (χ4v) is 1.97. The van der Waals surface area contributed by atoms with E-state index in [1.807, 2.05) is 6.07 Å². The molecule has 6 heteroatoms. The maximum absolute atomic E-state index is 12.4. The number of nitrogens with zero attached hydrogens (tertiary/aromatic N) is 2. The van der Waals surface area contributed by atoms with Crippen molar-refractivity contribution in [2.75, 3.05) is 19.7 Å². The van der Waals surface area contributed by atoms with Crippen LogP contribution in [0.4, 0.5) is 13.2 Å². The highest BCUT2D eigenvalue weighted by Crippen LogP contribution is 2.29. The molecule has 1 fully saturated rings. The van der Waals surface area contributed by atoms with Crippen molar-refractivity contribution in [3.8, 4) is 11.8 Å². The molecule has 0 aliphatic heterocycles. The number of alkyl halides is 3. The van der Waals surface area contributed by atoms with Crippen LogP contribution in [0.1, 0.15) is 18.4 Å². The van der Waals surface area contributed by atoms with Crippen molar-refractivity contribution < 1.29 is 17.9 Å². The van der Waals surface area contributed by atoms with E-state index in [4.69, 9.17) is 10.00 Å². The van der Waals surface area contributed by atoms with Gasteiger partial charge in [0.05, 0.1) is 18.2 Å². The minimum Gasteiger partial charge on any atom is -0.492 e. The highest BCUT2D eigenvalue weighted by molar-refractivity contribution is 5.34. The predicted octanol–water partition coefficient (Wildman–Crippen LogP) is 2.96. The van der Waals surface area contributed by atoms with Crippen molar-refractivity contribution in [3.05, 3.63) is 29.8 Å². The van der Waals surface area contributed by atoms with E-state index in [1.54, 1.807) is 24.3 Å². The summed E-state index contributed by atoms with van der Waals surface area (Å²) in [5.74, 6) is 0.562. The molecule has 0 N–H and O–H groups in total. The molecule has 0 amide bonds. The molecule has 0 bridgehead atoms. The maximum atomic E-state index is 12.4. The van der Waals surface area contributed by atoms with Gasteiger partial charge in [-0.15, -0.1) is 0 Å². The number of rotatable bonds is 6. The Kier molecular flexibility index (Phi) is 4.50. The molecule has 2 rings (SSSR count). The lowest BCUT2D eigenvalue weighted by Crippen LogP contribution is -2.38. The van der Waals surface area contributed by atoms with Crippen LogP contribution in [-0.2, 0) is 0 Å².